The molecular weight excluding hydrogens is 521 g/mol. The van der Waals surface area contributed by atoms with Gasteiger partial charge in [0.15, 0.2) is 7.05 Å². The van der Waals surface area contributed by atoms with Crippen LogP contribution in [0.5, 0.6) is 5.75 Å². The van der Waals surface area contributed by atoms with Gasteiger partial charge in [-0.15, -0.1) is 3.98 Å². The molecule has 1 unspecified atom stereocenters. The van der Waals surface area contributed by atoms with Crippen molar-refractivity contribution in [3.8, 4) is 5.75 Å². The van der Waals surface area contributed by atoms with Crippen molar-refractivity contribution in [2.24, 2.45) is 0 Å². The number of methoxy groups -OCH3 is 1. The van der Waals surface area contributed by atoms with Crippen LogP contribution in [0.3, 0.4) is 0 Å². The van der Waals surface area contributed by atoms with Crippen LogP contribution in [0.4, 0.5) is 36.3 Å². The number of halogens is 3. The van der Waals surface area contributed by atoms with E-state index in [-0.39, 0.29) is 12.4 Å². The molecule has 4 rings (SSSR count). The maximum absolute atomic E-state index is 13.9. The van der Waals surface area contributed by atoms with Crippen LogP contribution < -0.4 is 20.7 Å². The average molecular weight is 550 g/mol. The molecule has 0 saturated heterocycles. The topological polar surface area (TPSA) is 108 Å². The molecule has 1 aromatic heterocycles. The lowest BCUT2D eigenvalue weighted by Crippen LogP contribution is -2.36. The number of hydrogen-bond donors (Lipinski definition) is 3. The van der Waals surface area contributed by atoms with Crippen molar-refractivity contribution in [1.29, 1.82) is 0 Å². The number of alkyl halides is 3. The van der Waals surface area contributed by atoms with Crippen molar-refractivity contribution in [2.75, 3.05) is 42.9 Å². The molecule has 2 aromatic carbocycles. The molecule has 38 heavy (non-hydrogen) atoms. The van der Waals surface area contributed by atoms with Gasteiger partial charge in [-0.25, -0.2) is 4.98 Å². The number of nitrogens with zero attached hydrogens (tertiary/aromatic N) is 3. The van der Waals surface area contributed by atoms with Gasteiger partial charge >= 0.3 is 16.2 Å². The highest BCUT2D eigenvalue weighted by atomic mass is 32.2. The molecule has 1 aliphatic rings. The third-order valence-electron chi connectivity index (χ3n) is 6.12. The minimum atomic E-state index is -4.75. The largest absolute Gasteiger partial charge is 0.494 e. The van der Waals surface area contributed by atoms with Crippen LogP contribution in [-0.4, -0.2) is 61.1 Å². The Balaban J connectivity index is 1.75. The van der Waals surface area contributed by atoms with E-state index >= 15 is 0 Å². The molecule has 0 spiro atoms. The summed E-state index contributed by atoms with van der Waals surface area (Å²) in [6.07, 6.45) is -2.74. The van der Waals surface area contributed by atoms with E-state index in [1.807, 2.05) is 13.0 Å². The standard InChI is InChI=1S/C25H28F3N6O3S/c1-5-29-16-10-11-19(21(13-16)37-3)32-24-30-14-18(25(26,27)28)23(33-24)31-20-12-15-8-6-7-9-17(15)22(20)34(2)38(4,35)36/h6-11,13-14,20,29H,5,12H2,1-4H3,(H2,30,31,32,33)/q+1. The number of sulfonamides is 1. The monoisotopic (exact) mass is 549 g/mol. The highest BCUT2D eigenvalue weighted by Gasteiger charge is 2.41. The molecule has 202 valence electrons. The van der Waals surface area contributed by atoms with Crippen LogP contribution in [0, 0.1) is 0 Å². The summed E-state index contributed by atoms with van der Waals surface area (Å²) in [5.74, 6) is -0.128. The Hall–Kier alpha value is -3.87. The number of anilines is 4. The normalized spacial score (nSPS) is 16.6. The third kappa shape index (κ3) is 5.67. The highest BCUT2D eigenvalue weighted by molar-refractivity contribution is 7.84. The van der Waals surface area contributed by atoms with E-state index in [0.29, 0.717) is 35.5 Å². The third-order valence-corrected chi connectivity index (χ3v) is 7.31. The van der Waals surface area contributed by atoms with Gasteiger partial charge in [-0.3, -0.25) is 0 Å². The molecular formula is C25H28F3N6O3S+. The van der Waals surface area contributed by atoms with Gasteiger partial charge in [-0.05, 0) is 30.7 Å². The first-order valence-corrected chi connectivity index (χ1v) is 13.6. The quantitative estimate of drug-likeness (QED) is 0.361. The van der Waals surface area contributed by atoms with Gasteiger partial charge in [-0.2, -0.15) is 26.6 Å². The fourth-order valence-electron chi connectivity index (χ4n) is 4.29. The predicted octanol–water partition coefficient (Wildman–Crippen LogP) is 4.11. The Bertz CT molecular complexity index is 1490. The van der Waals surface area contributed by atoms with E-state index in [2.05, 4.69) is 25.9 Å². The molecule has 0 amide bonds. The number of ether oxygens (including phenoxy) is 1. The Labute approximate surface area is 218 Å². The van der Waals surface area contributed by atoms with Gasteiger partial charge in [0.25, 0.3) is 0 Å². The van der Waals surface area contributed by atoms with Gasteiger partial charge in [0.2, 0.25) is 11.7 Å². The van der Waals surface area contributed by atoms with E-state index < -0.39 is 33.6 Å². The molecule has 3 N–H and O–H groups in total. The first kappa shape index (κ1) is 27.2. The second kappa shape index (κ2) is 10.5. The second-order valence-electron chi connectivity index (χ2n) is 8.70. The maximum Gasteiger partial charge on any atom is 0.421 e. The zero-order chi connectivity index (χ0) is 27.7. The number of benzene rings is 2. The Morgan fingerprint density at radius 1 is 1.18 bits per heavy atom. The Kier molecular flexibility index (Phi) is 7.49. The fraction of sp³-hybridized carbons (Fsp3) is 0.320. The van der Waals surface area contributed by atoms with E-state index in [4.69, 9.17) is 4.74 Å². The van der Waals surface area contributed by atoms with Gasteiger partial charge in [0, 0.05) is 36.5 Å². The smallest absolute Gasteiger partial charge is 0.421 e. The van der Waals surface area contributed by atoms with Crippen LogP contribution in [-0.2, 0) is 22.6 Å². The first-order chi connectivity index (χ1) is 17.9. The van der Waals surface area contributed by atoms with Crippen LogP contribution in [0.15, 0.2) is 48.7 Å². The highest BCUT2D eigenvalue weighted by Crippen LogP contribution is 2.36. The fourth-order valence-corrected chi connectivity index (χ4v) is 4.88. The molecule has 0 bridgehead atoms. The minimum Gasteiger partial charge on any atom is -0.494 e. The van der Waals surface area contributed by atoms with Crippen LogP contribution in [0.25, 0.3) is 0 Å². The summed E-state index contributed by atoms with van der Waals surface area (Å²) in [6.45, 7) is 2.65. The van der Waals surface area contributed by atoms with Crippen molar-refractivity contribution < 1.29 is 30.3 Å². The molecule has 0 saturated carbocycles. The lowest BCUT2D eigenvalue weighted by Gasteiger charge is -2.19. The summed E-state index contributed by atoms with van der Waals surface area (Å²) < 4.78 is 73.1. The number of hydrogen-bond acceptors (Lipinski definition) is 8. The summed E-state index contributed by atoms with van der Waals surface area (Å²) in [7, 11) is -0.833. The van der Waals surface area contributed by atoms with Crippen molar-refractivity contribution in [3.05, 3.63) is 65.4 Å². The molecule has 0 fully saturated rings. The molecule has 9 nitrogen and oxygen atoms in total. The van der Waals surface area contributed by atoms with E-state index in [1.165, 1.54) is 14.2 Å². The van der Waals surface area contributed by atoms with Gasteiger partial charge < -0.3 is 20.7 Å². The van der Waals surface area contributed by atoms with Crippen LogP contribution in [0.1, 0.15) is 23.6 Å². The van der Waals surface area contributed by atoms with E-state index in [1.54, 1.807) is 36.4 Å². The van der Waals surface area contributed by atoms with Crippen LogP contribution >= 0.6 is 0 Å². The summed E-state index contributed by atoms with van der Waals surface area (Å²) in [4.78, 5) is 8.02. The second-order valence-corrected chi connectivity index (χ2v) is 10.7. The molecule has 1 aliphatic carbocycles. The average Bonchev–Trinajstić information content (AvgIpc) is 3.21. The van der Waals surface area contributed by atoms with Crippen molar-refractivity contribution in [1.82, 2.24) is 9.97 Å². The summed E-state index contributed by atoms with van der Waals surface area (Å²) in [5.41, 5.74) is 1.98. The lowest BCUT2D eigenvalue weighted by atomic mass is 10.1. The van der Waals surface area contributed by atoms with E-state index in [9.17, 15) is 21.6 Å². The SMILES string of the molecule is CCNc1ccc(Nc2ncc(C(F)(F)F)c(NC3Cc4ccccc4C3=[N+](C)S(C)(=O)=O)n2)c(OC)c1. The van der Waals surface area contributed by atoms with Crippen LogP contribution in [0.2, 0.25) is 0 Å². The number of nitrogens with one attached hydrogen (secondary N) is 3. The lowest BCUT2D eigenvalue weighted by molar-refractivity contribution is -0.326. The first-order valence-electron chi connectivity index (χ1n) is 11.7. The Morgan fingerprint density at radius 3 is 2.58 bits per heavy atom. The zero-order valence-corrected chi connectivity index (χ0v) is 22.0. The zero-order valence-electron chi connectivity index (χ0n) is 21.2. The van der Waals surface area contributed by atoms with Crippen molar-refractivity contribution in [3.63, 3.8) is 0 Å². The number of fused-ring (bicyclic) bond motifs is 1. The molecule has 0 aliphatic heterocycles. The molecule has 13 heteroatoms. The predicted molar refractivity (Wildman–Crippen MR) is 140 cm³/mol. The summed E-state index contributed by atoms with van der Waals surface area (Å²) >= 11 is 0. The van der Waals surface area contributed by atoms with Gasteiger partial charge in [0.1, 0.15) is 23.2 Å². The van der Waals surface area contributed by atoms with E-state index in [0.717, 1.165) is 21.5 Å². The molecule has 1 heterocycles. The molecule has 1 atom stereocenters. The maximum atomic E-state index is 13.9. The summed E-state index contributed by atoms with van der Waals surface area (Å²) in [5, 5.41) is 8.92. The molecule has 0 radical (unpaired) electrons. The minimum absolute atomic E-state index is 0.0940. The van der Waals surface area contributed by atoms with Crippen molar-refractivity contribution >= 4 is 38.9 Å². The van der Waals surface area contributed by atoms with Gasteiger partial charge in [-0.1, -0.05) is 18.2 Å². The Morgan fingerprint density at radius 2 is 1.92 bits per heavy atom. The summed E-state index contributed by atoms with van der Waals surface area (Å²) in [6, 6.07) is 11.5. The molecule has 3 aromatic rings. The van der Waals surface area contributed by atoms with Gasteiger partial charge in [0.05, 0.1) is 19.1 Å². The van der Waals surface area contributed by atoms with Crippen molar-refractivity contribution in [2.45, 2.75) is 25.6 Å². The number of aromatic nitrogens is 2. The number of rotatable bonds is 8.